The first-order valence-corrected chi connectivity index (χ1v) is 15.5. The predicted molar refractivity (Wildman–Crippen MR) is 169 cm³/mol. The number of carboxylic acids is 1. The van der Waals surface area contributed by atoms with Crippen LogP contribution in [0, 0.1) is 17.8 Å². The number of carboxylic acid groups (broad SMARTS) is 1. The number of rotatable bonds is 6. The third-order valence-corrected chi connectivity index (χ3v) is 9.83. The molecular weight excluding hydrogens is 654 g/mol. The third kappa shape index (κ3) is 4.80. The van der Waals surface area contributed by atoms with Gasteiger partial charge < -0.3 is 14.9 Å². The minimum atomic E-state index is -1.19. The number of benzene rings is 3. The number of halogens is 1. The number of nitrogens with zero attached hydrogens (tertiary/aromatic N) is 1. The molecule has 0 bridgehead atoms. The van der Waals surface area contributed by atoms with Crippen molar-refractivity contribution in [2.75, 3.05) is 4.90 Å². The lowest BCUT2D eigenvalue weighted by Gasteiger charge is -2.42. The standard InChI is InChI=1S/C36H26BrNO8/c37-27-16-29(40)32-26(33(27)41)15-25-22(30(32)23-10-9-21(14-28(23)39)46-17-18-5-2-1-3-6-18)11-12-24-31(25)35(43)38(34(24)42)20-8-4-7-19(13-20)36(44)45/h1-11,13-14,16,24-25,30-31,39H,12,15,17H2,(H,44,45). The summed E-state index contributed by atoms with van der Waals surface area (Å²) in [4.78, 5) is 67.4. The fourth-order valence-corrected chi connectivity index (χ4v) is 7.64. The molecule has 7 rings (SSSR count). The summed E-state index contributed by atoms with van der Waals surface area (Å²) >= 11 is 3.22. The average molecular weight is 681 g/mol. The van der Waals surface area contributed by atoms with Crippen molar-refractivity contribution in [3.8, 4) is 11.5 Å². The number of ether oxygens (including phenoxy) is 1. The summed E-state index contributed by atoms with van der Waals surface area (Å²) in [6, 6.07) is 20.0. The summed E-state index contributed by atoms with van der Waals surface area (Å²) in [6.45, 7) is 0.280. The average Bonchev–Trinajstić information content (AvgIpc) is 3.31. The Morgan fingerprint density at radius 3 is 2.46 bits per heavy atom. The zero-order chi connectivity index (χ0) is 32.3. The number of allylic oxidation sites excluding steroid dienone is 6. The van der Waals surface area contributed by atoms with Crippen molar-refractivity contribution in [2.45, 2.75) is 25.4 Å². The molecule has 4 aliphatic rings. The van der Waals surface area contributed by atoms with Crippen molar-refractivity contribution in [1.82, 2.24) is 0 Å². The number of aromatic hydroxyl groups is 1. The Hall–Kier alpha value is -5.09. The number of phenols is 1. The number of phenolic OH excluding ortho intramolecular Hbond substituents is 1. The van der Waals surface area contributed by atoms with Crippen LogP contribution >= 0.6 is 15.9 Å². The van der Waals surface area contributed by atoms with Gasteiger partial charge in [-0.15, -0.1) is 0 Å². The Morgan fingerprint density at radius 1 is 0.935 bits per heavy atom. The molecule has 3 aliphatic carbocycles. The van der Waals surface area contributed by atoms with E-state index in [9.17, 15) is 34.2 Å². The Labute approximate surface area is 271 Å². The maximum atomic E-state index is 14.1. The Balaban J connectivity index is 1.28. The maximum absolute atomic E-state index is 14.1. The third-order valence-electron chi connectivity index (χ3n) is 9.24. The Bertz CT molecular complexity index is 1960. The molecule has 2 N–H and O–H groups in total. The molecule has 1 fully saturated rings. The number of hydrogen-bond acceptors (Lipinski definition) is 7. The number of hydrogen-bond donors (Lipinski definition) is 2. The summed E-state index contributed by atoms with van der Waals surface area (Å²) in [7, 11) is 0. The molecule has 3 aromatic carbocycles. The first-order valence-electron chi connectivity index (χ1n) is 14.7. The number of fused-ring (bicyclic) bond motifs is 3. The maximum Gasteiger partial charge on any atom is 0.335 e. The van der Waals surface area contributed by atoms with Crippen molar-refractivity contribution in [3.63, 3.8) is 0 Å². The lowest BCUT2D eigenvalue weighted by molar-refractivity contribution is -0.123. The van der Waals surface area contributed by atoms with Gasteiger partial charge >= 0.3 is 5.97 Å². The lowest BCUT2D eigenvalue weighted by Crippen LogP contribution is -2.39. The lowest BCUT2D eigenvalue weighted by atomic mass is 9.59. The SMILES string of the molecule is O=C1C=C(Br)C(=O)C2=C1C(c1ccc(OCc3ccccc3)cc1O)C1=CCC3C(=O)N(c4cccc(C(=O)O)c4)C(=O)C3C1C2. The molecule has 4 atom stereocenters. The number of carbonyl (C=O) groups is 5. The van der Waals surface area contributed by atoms with Gasteiger partial charge in [-0.3, -0.25) is 24.1 Å². The van der Waals surface area contributed by atoms with Crippen LogP contribution in [0.1, 0.15) is 40.2 Å². The Morgan fingerprint density at radius 2 is 1.72 bits per heavy atom. The molecule has 0 spiro atoms. The van der Waals surface area contributed by atoms with Gasteiger partial charge in [0.25, 0.3) is 0 Å². The molecule has 3 aromatic rings. The van der Waals surface area contributed by atoms with E-state index in [2.05, 4.69) is 15.9 Å². The molecule has 2 amide bonds. The van der Waals surface area contributed by atoms with E-state index in [0.717, 1.165) is 10.5 Å². The molecule has 0 radical (unpaired) electrons. The predicted octanol–water partition coefficient (Wildman–Crippen LogP) is 5.64. The van der Waals surface area contributed by atoms with Gasteiger partial charge in [0, 0.05) is 34.8 Å². The quantitative estimate of drug-likeness (QED) is 0.194. The summed E-state index contributed by atoms with van der Waals surface area (Å²) in [5, 5.41) is 20.8. The van der Waals surface area contributed by atoms with E-state index in [0.29, 0.717) is 16.9 Å². The highest BCUT2D eigenvalue weighted by Gasteiger charge is 2.57. The summed E-state index contributed by atoms with van der Waals surface area (Å²) in [5.41, 5.74) is 2.59. The normalized spacial score (nSPS) is 23.8. The van der Waals surface area contributed by atoms with Crippen LogP contribution in [-0.4, -0.2) is 39.6 Å². The summed E-state index contributed by atoms with van der Waals surface area (Å²) in [6.07, 6.45) is 3.35. The van der Waals surface area contributed by atoms with Gasteiger partial charge in [-0.25, -0.2) is 4.79 Å². The highest BCUT2D eigenvalue weighted by atomic mass is 79.9. The number of imide groups is 1. The van der Waals surface area contributed by atoms with E-state index in [-0.39, 0.29) is 63.6 Å². The van der Waals surface area contributed by atoms with Gasteiger partial charge in [0.1, 0.15) is 18.1 Å². The number of ketones is 2. The number of Topliss-reactive ketones (excluding diaryl/α,β-unsaturated/α-hetero) is 1. The van der Waals surface area contributed by atoms with Gasteiger partial charge in [-0.05, 0) is 64.5 Å². The molecule has 9 nitrogen and oxygen atoms in total. The van der Waals surface area contributed by atoms with Crippen LogP contribution in [0.15, 0.2) is 106 Å². The van der Waals surface area contributed by atoms with E-state index < -0.39 is 41.5 Å². The van der Waals surface area contributed by atoms with Crippen molar-refractivity contribution in [1.29, 1.82) is 0 Å². The van der Waals surface area contributed by atoms with Crippen molar-refractivity contribution in [3.05, 3.63) is 123 Å². The molecule has 1 heterocycles. The molecule has 1 aliphatic heterocycles. The first kappa shape index (κ1) is 29.6. The van der Waals surface area contributed by atoms with Gasteiger partial charge in [0.05, 0.1) is 27.6 Å². The van der Waals surface area contributed by atoms with Crippen LogP contribution in [-0.2, 0) is 25.8 Å². The largest absolute Gasteiger partial charge is 0.507 e. The van der Waals surface area contributed by atoms with Gasteiger partial charge in [-0.1, -0.05) is 54.1 Å². The zero-order valence-electron chi connectivity index (χ0n) is 24.2. The summed E-state index contributed by atoms with van der Waals surface area (Å²) in [5.74, 6) is -5.64. The monoisotopic (exact) mass is 679 g/mol. The second-order valence-corrected chi connectivity index (χ2v) is 12.6. The molecule has 46 heavy (non-hydrogen) atoms. The molecule has 10 heteroatoms. The van der Waals surface area contributed by atoms with Crippen LogP contribution in [0.4, 0.5) is 5.69 Å². The zero-order valence-corrected chi connectivity index (χ0v) is 25.8. The molecule has 0 saturated carbocycles. The molecular formula is C36H26BrNO8. The minimum absolute atomic E-state index is 0.0612. The van der Waals surface area contributed by atoms with Crippen LogP contribution in [0.2, 0.25) is 0 Å². The van der Waals surface area contributed by atoms with E-state index in [4.69, 9.17) is 4.74 Å². The highest BCUT2D eigenvalue weighted by Crippen LogP contribution is 2.56. The highest BCUT2D eigenvalue weighted by molar-refractivity contribution is 9.12. The van der Waals surface area contributed by atoms with Crippen molar-refractivity contribution in [2.24, 2.45) is 17.8 Å². The van der Waals surface area contributed by atoms with Crippen LogP contribution in [0.5, 0.6) is 11.5 Å². The number of anilines is 1. The van der Waals surface area contributed by atoms with Gasteiger partial charge in [0.15, 0.2) is 11.6 Å². The van der Waals surface area contributed by atoms with E-state index in [1.54, 1.807) is 12.1 Å². The van der Waals surface area contributed by atoms with Crippen LogP contribution in [0.3, 0.4) is 0 Å². The van der Waals surface area contributed by atoms with Crippen molar-refractivity contribution >= 4 is 51.0 Å². The van der Waals surface area contributed by atoms with Crippen LogP contribution in [0.25, 0.3) is 0 Å². The molecule has 0 aromatic heterocycles. The smallest absolute Gasteiger partial charge is 0.335 e. The van der Waals surface area contributed by atoms with E-state index >= 15 is 0 Å². The molecule has 1 saturated heterocycles. The summed E-state index contributed by atoms with van der Waals surface area (Å²) < 4.78 is 5.99. The molecule has 230 valence electrons. The van der Waals surface area contributed by atoms with E-state index in [1.165, 1.54) is 36.4 Å². The fraction of sp³-hybridized carbons (Fsp3) is 0.194. The van der Waals surface area contributed by atoms with Gasteiger partial charge in [0.2, 0.25) is 11.8 Å². The first-order chi connectivity index (χ1) is 22.1. The fourth-order valence-electron chi connectivity index (χ4n) is 7.19. The second kappa shape index (κ2) is 11.4. The minimum Gasteiger partial charge on any atom is -0.507 e. The number of carbonyl (C=O) groups excluding carboxylic acids is 4. The molecule has 4 unspecified atom stereocenters. The number of amides is 2. The van der Waals surface area contributed by atoms with Gasteiger partial charge in [-0.2, -0.15) is 0 Å². The van der Waals surface area contributed by atoms with Crippen LogP contribution < -0.4 is 9.64 Å². The Kier molecular flexibility index (Phi) is 7.32. The topological polar surface area (TPSA) is 138 Å². The van der Waals surface area contributed by atoms with Crippen molar-refractivity contribution < 1.29 is 38.9 Å². The second-order valence-electron chi connectivity index (χ2n) is 11.8. The number of aromatic carboxylic acids is 1. The van der Waals surface area contributed by atoms with E-state index in [1.807, 2.05) is 36.4 Å².